The van der Waals surface area contributed by atoms with E-state index in [0.29, 0.717) is 5.56 Å². The van der Waals surface area contributed by atoms with E-state index in [4.69, 9.17) is 5.11 Å². The van der Waals surface area contributed by atoms with Crippen LogP contribution in [0.25, 0.3) is 0 Å². The van der Waals surface area contributed by atoms with Gasteiger partial charge in [0.05, 0.1) is 6.10 Å². The van der Waals surface area contributed by atoms with E-state index >= 15 is 0 Å². The SMILES string of the molecule is C[C@@H](O)CNC(=O)c1ccc(Br)cc1. The second-order valence-electron chi connectivity index (χ2n) is 3.07. The highest BCUT2D eigenvalue weighted by Crippen LogP contribution is 2.10. The molecule has 0 bridgehead atoms. The summed E-state index contributed by atoms with van der Waals surface area (Å²) >= 11 is 3.29. The summed E-state index contributed by atoms with van der Waals surface area (Å²) in [7, 11) is 0. The monoisotopic (exact) mass is 257 g/mol. The molecule has 0 unspecified atom stereocenters. The van der Waals surface area contributed by atoms with Gasteiger partial charge in [-0.25, -0.2) is 0 Å². The van der Waals surface area contributed by atoms with Crippen LogP contribution in [0.15, 0.2) is 28.7 Å². The zero-order chi connectivity index (χ0) is 10.6. The average molecular weight is 258 g/mol. The van der Waals surface area contributed by atoms with E-state index in [1.165, 1.54) is 0 Å². The van der Waals surface area contributed by atoms with Crippen molar-refractivity contribution in [1.82, 2.24) is 5.32 Å². The molecule has 0 aliphatic rings. The molecule has 14 heavy (non-hydrogen) atoms. The number of hydrogen-bond acceptors (Lipinski definition) is 2. The van der Waals surface area contributed by atoms with Crippen LogP contribution >= 0.6 is 15.9 Å². The Hall–Kier alpha value is -0.870. The molecule has 0 heterocycles. The van der Waals surface area contributed by atoms with Gasteiger partial charge in [-0.15, -0.1) is 0 Å². The molecule has 0 aliphatic carbocycles. The van der Waals surface area contributed by atoms with Crippen LogP contribution in [0.2, 0.25) is 0 Å². The first-order valence-electron chi connectivity index (χ1n) is 4.31. The van der Waals surface area contributed by atoms with E-state index in [1.807, 2.05) is 0 Å². The fourth-order valence-electron chi connectivity index (χ4n) is 0.944. The number of hydrogen-bond donors (Lipinski definition) is 2. The highest BCUT2D eigenvalue weighted by atomic mass is 79.9. The third-order valence-corrected chi connectivity index (χ3v) is 2.19. The number of nitrogens with one attached hydrogen (secondary N) is 1. The van der Waals surface area contributed by atoms with E-state index in [0.717, 1.165) is 4.47 Å². The number of carbonyl (C=O) groups excluding carboxylic acids is 1. The van der Waals surface area contributed by atoms with Gasteiger partial charge < -0.3 is 10.4 Å². The molecule has 1 aromatic carbocycles. The lowest BCUT2D eigenvalue weighted by atomic mass is 10.2. The molecule has 1 rings (SSSR count). The van der Waals surface area contributed by atoms with Crippen molar-refractivity contribution in [3.05, 3.63) is 34.3 Å². The maximum atomic E-state index is 11.4. The minimum atomic E-state index is -0.519. The number of carbonyl (C=O) groups is 1. The Labute approximate surface area is 91.3 Å². The lowest BCUT2D eigenvalue weighted by molar-refractivity contribution is 0.0924. The van der Waals surface area contributed by atoms with Gasteiger partial charge in [0.25, 0.3) is 5.91 Å². The molecule has 0 saturated heterocycles. The Kier molecular flexibility index (Phi) is 4.10. The van der Waals surface area contributed by atoms with Crippen molar-refractivity contribution in [1.29, 1.82) is 0 Å². The molecule has 0 spiro atoms. The summed E-state index contributed by atoms with van der Waals surface area (Å²) in [6, 6.07) is 7.05. The summed E-state index contributed by atoms with van der Waals surface area (Å²) in [6.07, 6.45) is -0.519. The molecule has 76 valence electrons. The quantitative estimate of drug-likeness (QED) is 0.864. The second-order valence-corrected chi connectivity index (χ2v) is 3.98. The van der Waals surface area contributed by atoms with Gasteiger partial charge in [0.1, 0.15) is 0 Å². The number of amides is 1. The third-order valence-electron chi connectivity index (χ3n) is 1.66. The van der Waals surface area contributed by atoms with Gasteiger partial charge in [0, 0.05) is 16.6 Å². The van der Waals surface area contributed by atoms with Crippen molar-refractivity contribution in [3.63, 3.8) is 0 Å². The summed E-state index contributed by atoms with van der Waals surface area (Å²) in [4.78, 5) is 11.4. The van der Waals surface area contributed by atoms with Gasteiger partial charge in [0.15, 0.2) is 0 Å². The van der Waals surface area contributed by atoms with Crippen molar-refractivity contribution in [3.8, 4) is 0 Å². The third kappa shape index (κ3) is 3.47. The number of aliphatic hydroxyl groups is 1. The Morgan fingerprint density at radius 2 is 2.07 bits per heavy atom. The summed E-state index contributed by atoms with van der Waals surface area (Å²) in [5.74, 6) is -0.168. The lowest BCUT2D eigenvalue weighted by Crippen LogP contribution is -2.30. The molecule has 0 radical (unpaired) electrons. The molecule has 2 N–H and O–H groups in total. The maximum Gasteiger partial charge on any atom is 0.251 e. The smallest absolute Gasteiger partial charge is 0.251 e. The highest BCUT2D eigenvalue weighted by Gasteiger charge is 2.05. The van der Waals surface area contributed by atoms with Crippen LogP contribution in [0, 0.1) is 0 Å². The molecule has 0 aliphatic heterocycles. The van der Waals surface area contributed by atoms with Gasteiger partial charge in [0.2, 0.25) is 0 Å². The van der Waals surface area contributed by atoms with Gasteiger partial charge >= 0.3 is 0 Å². The molecule has 1 aromatic rings. The van der Waals surface area contributed by atoms with Crippen LogP contribution in [-0.4, -0.2) is 23.7 Å². The van der Waals surface area contributed by atoms with Crippen LogP contribution in [0.5, 0.6) is 0 Å². The van der Waals surface area contributed by atoms with Crippen molar-refractivity contribution < 1.29 is 9.90 Å². The minimum absolute atomic E-state index is 0.168. The maximum absolute atomic E-state index is 11.4. The van der Waals surface area contributed by atoms with Crippen LogP contribution in [0.4, 0.5) is 0 Å². The number of rotatable bonds is 3. The topological polar surface area (TPSA) is 49.3 Å². The Bertz CT molecular complexity index is 308. The highest BCUT2D eigenvalue weighted by molar-refractivity contribution is 9.10. The standard InChI is InChI=1S/C10H12BrNO2/c1-7(13)6-12-10(14)8-2-4-9(11)5-3-8/h2-5,7,13H,6H2,1H3,(H,12,14)/t7-/m1/s1. The van der Waals surface area contributed by atoms with E-state index in [2.05, 4.69) is 21.2 Å². The summed E-state index contributed by atoms with van der Waals surface area (Å²) in [5.41, 5.74) is 0.592. The first-order chi connectivity index (χ1) is 6.59. The Balaban J connectivity index is 2.57. The Morgan fingerprint density at radius 3 is 2.57 bits per heavy atom. The van der Waals surface area contributed by atoms with Crippen molar-refractivity contribution in [2.75, 3.05) is 6.54 Å². The molecular formula is C10H12BrNO2. The summed E-state index contributed by atoms with van der Waals surface area (Å²) < 4.78 is 0.935. The zero-order valence-electron chi connectivity index (χ0n) is 7.83. The molecule has 0 saturated carbocycles. The molecule has 0 fully saturated rings. The minimum Gasteiger partial charge on any atom is -0.392 e. The molecule has 0 aromatic heterocycles. The van der Waals surface area contributed by atoms with Gasteiger partial charge in [-0.3, -0.25) is 4.79 Å². The first-order valence-corrected chi connectivity index (χ1v) is 5.10. The molecule has 4 heteroatoms. The van der Waals surface area contributed by atoms with Crippen molar-refractivity contribution in [2.24, 2.45) is 0 Å². The summed E-state index contributed by atoms with van der Waals surface area (Å²) in [6.45, 7) is 1.90. The van der Waals surface area contributed by atoms with E-state index < -0.39 is 6.10 Å². The molecule has 1 amide bonds. The number of aliphatic hydroxyl groups excluding tert-OH is 1. The van der Waals surface area contributed by atoms with Crippen LogP contribution < -0.4 is 5.32 Å². The second kappa shape index (κ2) is 5.12. The number of benzene rings is 1. The van der Waals surface area contributed by atoms with Gasteiger partial charge in [-0.2, -0.15) is 0 Å². The van der Waals surface area contributed by atoms with Crippen LogP contribution in [0.3, 0.4) is 0 Å². The average Bonchev–Trinajstić information content (AvgIpc) is 2.15. The lowest BCUT2D eigenvalue weighted by Gasteiger charge is -2.06. The predicted molar refractivity (Wildman–Crippen MR) is 58.2 cm³/mol. The van der Waals surface area contributed by atoms with E-state index in [1.54, 1.807) is 31.2 Å². The fraction of sp³-hybridized carbons (Fsp3) is 0.300. The Morgan fingerprint density at radius 1 is 1.50 bits per heavy atom. The molecule has 3 nitrogen and oxygen atoms in total. The predicted octanol–water partition coefficient (Wildman–Crippen LogP) is 1.56. The number of halogens is 1. The first kappa shape index (κ1) is 11.2. The van der Waals surface area contributed by atoms with E-state index in [-0.39, 0.29) is 12.5 Å². The largest absolute Gasteiger partial charge is 0.392 e. The zero-order valence-corrected chi connectivity index (χ0v) is 9.41. The van der Waals surface area contributed by atoms with Gasteiger partial charge in [-0.1, -0.05) is 15.9 Å². The van der Waals surface area contributed by atoms with Crippen molar-refractivity contribution in [2.45, 2.75) is 13.0 Å². The van der Waals surface area contributed by atoms with Gasteiger partial charge in [-0.05, 0) is 31.2 Å². The molecular weight excluding hydrogens is 246 g/mol. The normalized spacial score (nSPS) is 12.2. The van der Waals surface area contributed by atoms with Crippen molar-refractivity contribution >= 4 is 21.8 Å². The van der Waals surface area contributed by atoms with Crippen LogP contribution in [-0.2, 0) is 0 Å². The fourth-order valence-corrected chi connectivity index (χ4v) is 1.21. The molecule has 1 atom stereocenters. The van der Waals surface area contributed by atoms with Crippen LogP contribution in [0.1, 0.15) is 17.3 Å². The van der Waals surface area contributed by atoms with E-state index in [9.17, 15) is 4.79 Å². The summed E-state index contributed by atoms with van der Waals surface area (Å²) in [5, 5.41) is 11.6.